The summed E-state index contributed by atoms with van der Waals surface area (Å²) in [6.07, 6.45) is 1.79. The molecular formula is C19H19N3OS. The zero-order chi connectivity index (χ0) is 16.8. The Labute approximate surface area is 145 Å². The molecular weight excluding hydrogens is 318 g/mol. The lowest BCUT2D eigenvalue weighted by atomic mass is 10.1. The van der Waals surface area contributed by atoms with Crippen LogP contribution in [0.4, 0.5) is 5.13 Å². The molecule has 0 aliphatic rings. The van der Waals surface area contributed by atoms with E-state index in [-0.39, 0.29) is 0 Å². The van der Waals surface area contributed by atoms with E-state index in [1.54, 1.807) is 17.6 Å². The van der Waals surface area contributed by atoms with Crippen LogP contribution < -0.4 is 10.2 Å². The predicted molar refractivity (Wildman–Crippen MR) is 101 cm³/mol. The average molecular weight is 337 g/mol. The Morgan fingerprint density at radius 1 is 1.12 bits per heavy atom. The van der Waals surface area contributed by atoms with Crippen LogP contribution in [0.5, 0.6) is 5.75 Å². The molecule has 0 spiro atoms. The van der Waals surface area contributed by atoms with Gasteiger partial charge in [-0.2, -0.15) is 5.10 Å². The van der Waals surface area contributed by atoms with Crippen molar-refractivity contribution in [2.45, 2.75) is 13.8 Å². The van der Waals surface area contributed by atoms with Crippen molar-refractivity contribution < 1.29 is 4.74 Å². The first-order valence-corrected chi connectivity index (χ1v) is 8.62. The van der Waals surface area contributed by atoms with Crippen LogP contribution in [0.3, 0.4) is 0 Å². The summed E-state index contributed by atoms with van der Waals surface area (Å²) in [5.41, 5.74) is 6.10. The first kappa shape index (κ1) is 16.2. The molecule has 3 rings (SSSR count). The molecule has 0 fully saturated rings. The number of hydrazone groups is 1. The average Bonchev–Trinajstić information content (AvgIpc) is 2.98. The van der Waals surface area contributed by atoms with E-state index in [0.29, 0.717) is 6.61 Å². The van der Waals surface area contributed by atoms with Crippen LogP contribution in [0, 0.1) is 6.92 Å². The number of ether oxygens (including phenoxy) is 1. The molecule has 122 valence electrons. The van der Waals surface area contributed by atoms with E-state index >= 15 is 0 Å². The maximum absolute atomic E-state index is 5.48. The van der Waals surface area contributed by atoms with E-state index in [1.165, 1.54) is 0 Å². The Morgan fingerprint density at radius 3 is 2.58 bits per heavy atom. The van der Waals surface area contributed by atoms with E-state index in [2.05, 4.69) is 22.4 Å². The Kier molecular flexibility index (Phi) is 5.23. The van der Waals surface area contributed by atoms with Gasteiger partial charge in [-0.15, -0.1) is 11.3 Å². The van der Waals surface area contributed by atoms with Crippen LogP contribution in [0.25, 0.3) is 11.3 Å². The molecule has 0 amide bonds. The van der Waals surface area contributed by atoms with Gasteiger partial charge >= 0.3 is 0 Å². The molecule has 4 nitrogen and oxygen atoms in total. The lowest BCUT2D eigenvalue weighted by molar-refractivity contribution is 0.340. The molecule has 24 heavy (non-hydrogen) atoms. The number of nitrogens with one attached hydrogen (secondary N) is 1. The van der Waals surface area contributed by atoms with Gasteiger partial charge in [0.15, 0.2) is 0 Å². The van der Waals surface area contributed by atoms with Gasteiger partial charge in [-0.3, -0.25) is 5.43 Å². The summed E-state index contributed by atoms with van der Waals surface area (Å²) < 4.78 is 5.48. The summed E-state index contributed by atoms with van der Waals surface area (Å²) in [7, 11) is 0. The molecule has 2 aromatic carbocycles. The molecule has 0 atom stereocenters. The highest BCUT2D eigenvalue weighted by Crippen LogP contribution is 2.31. The molecule has 0 aliphatic carbocycles. The highest BCUT2D eigenvalue weighted by atomic mass is 32.1. The van der Waals surface area contributed by atoms with Crippen molar-refractivity contribution in [1.82, 2.24) is 4.98 Å². The fraction of sp³-hybridized carbons (Fsp3) is 0.158. The number of hydrogen-bond donors (Lipinski definition) is 1. The third kappa shape index (κ3) is 4.00. The molecule has 5 heteroatoms. The Hall–Kier alpha value is -2.66. The first-order valence-electron chi connectivity index (χ1n) is 7.81. The highest BCUT2D eigenvalue weighted by Gasteiger charge is 2.09. The lowest BCUT2D eigenvalue weighted by Crippen LogP contribution is -1.91. The van der Waals surface area contributed by atoms with Crippen LogP contribution in [-0.4, -0.2) is 17.8 Å². The second-order valence-corrected chi connectivity index (χ2v) is 6.37. The molecule has 0 unspecified atom stereocenters. The minimum Gasteiger partial charge on any atom is -0.494 e. The van der Waals surface area contributed by atoms with Crippen molar-refractivity contribution in [1.29, 1.82) is 0 Å². The highest BCUT2D eigenvalue weighted by molar-refractivity contribution is 7.15. The third-order valence-electron chi connectivity index (χ3n) is 3.41. The molecule has 1 N–H and O–H groups in total. The van der Waals surface area contributed by atoms with Crippen LogP contribution in [0.15, 0.2) is 59.7 Å². The maximum atomic E-state index is 5.48. The summed E-state index contributed by atoms with van der Waals surface area (Å²) in [5, 5.41) is 5.03. The minimum atomic E-state index is 0.669. The zero-order valence-electron chi connectivity index (χ0n) is 13.7. The van der Waals surface area contributed by atoms with E-state index in [4.69, 9.17) is 4.74 Å². The molecule has 0 saturated carbocycles. The van der Waals surface area contributed by atoms with Crippen molar-refractivity contribution in [2.75, 3.05) is 12.0 Å². The lowest BCUT2D eigenvalue weighted by Gasteiger charge is -2.03. The van der Waals surface area contributed by atoms with Gasteiger partial charge < -0.3 is 4.74 Å². The summed E-state index contributed by atoms with van der Waals surface area (Å²) in [6.45, 7) is 4.71. The first-order chi connectivity index (χ1) is 11.8. The van der Waals surface area contributed by atoms with Crippen LogP contribution in [-0.2, 0) is 0 Å². The fourth-order valence-electron chi connectivity index (χ4n) is 2.29. The van der Waals surface area contributed by atoms with E-state index in [0.717, 1.165) is 32.6 Å². The fourth-order valence-corrected chi connectivity index (χ4v) is 3.07. The summed E-state index contributed by atoms with van der Waals surface area (Å²) in [4.78, 5) is 5.79. The summed E-state index contributed by atoms with van der Waals surface area (Å²) >= 11 is 1.59. The number of aromatic nitrogens is 1. The van der Waals surface area contributed by atoms with Gasteiger partial charge in [-0.05, 0) is 43.7 Å². The quantitative estimate of drug-likeness (QED) is 0.510. The second kappa shape index (κ2) is 7.75. The van der Waals surface area contributed by atoms with Gasteiger partial charge in [0.2, 0.25) is 5.13 Å². The van der Waals surface area contributed by atoms with Crippen molar-refractivity contribution in [3.8, 4) is 17.0 Å². The largest absolute Gasteiger partial charge is 0.494 e. The van der Waals surface area contributed by atoms with Crippen LogP contribution in [0.1, 0.15) is 17.4 Å². The number of anilines is 1. The molecule has 0 bridgehead atoms. The summed E-state index contributed by atoms with van der Waals surface area (Å²) in [5.74, 6) is 0.875. The predicted octanol–water partition coefficient (Wildman–Crippen LogP) is 4.96. The van der Waals surface area contributed by atoms with Crippen molar-refractivity contribution in [3.05, 3.63) is 65.0 Å². The summed E-state index contributed by atoms with van der Waals surface area (Å²) in [6, 6.07) is 18.0. The van der Waals surface area contributed by atoms with E-state index < -0.39 is 0 Å². The van der Waals surface area contributed by atoms with Gasteiger partial charge in [0.05, 0.1) is 18.5 Å². The normalized spacial score (nSPS) is 10.9. The number of rotatable bonds is 6. The van der Waals surface area contributed by atoms with Gasteiger partial charge in [0.1, 0.15) is 5.75 Å². The molecule has 0 radical (unpaired) electrons. The number of aryl methyl sites for hydroxylation is 1. The monoisotopic (exact) mass is 337 g/mol. The smallest absolute Gasteiger partial charge is 0.204 e. The van der Waals surface area contributed by atoms with Gasteiger partial charge in [-0.25, -0.2) is 4.98 Å². The number of nitrogens with zero attached hydrogens (tertiary/aromatic N) is 2. The van der Waals surface area contributed by atoms with E-state index in [1.807, 2.05) is 61.5 Å². The minimum absolute atomic E-state index is 0.669. The van der Waals surface area contributed by atoms with Crippen LogP contribution >= 0.6 is 11.3 Å². The second-order valence-electron chi connectivity index (χ2n) is 5.16. The molecule has 1 aromatic heterocycles. The Morgan fingerprint density at radius 2 is 1.88 bits per heavy atom. The number of benzene rings is 2. The van der Waals surface area contributed by atoms with Crippen molar-refractivity contribution in [2.24, 2.45) is 5.10 Å². The number of thiazole rings is 1. The number of hydrogen-bond acceptors (Lipinski definition) is 5. The van der Waals surface area contributed by atoms with Gasteiger partial charge in [-0.1, -0.05) is 30.3 Å². The van der Waals surface area contributed by atoms with Crippen molar-refractivity contribution >= 4 is 22.7 Å². The molecule has 0 aliphatic heterocycles. The SMILES string of the molecule is CCOc1ccc(-c2nc(N/N=C\c3ccccc3)sc2C)cc1. The molecule has 0 saturated heterocycles. The zero-order valence-corrected chi connectivity index (χ0v) is 14.5. The van der Waals surface area contributed by atoms with Crippen LogP contribution in [0.2, 0.25) is 0 Å². The topological polar surface area (TPSA) is 46.5 Å². The Balaban J connectivity index is 1.71. The van der Waals surface area contributed by atoms with Gasteiger partial charge in [0, 0.05) is 10.4 Å². The van der Waals surface area contributed by atoms with Crippen molar-refractivity contribution in [3.63, 3.8) is 0 Å². The third-order valence-corrected chi connectivity index (χ3v) is 4.28. The van der Waals surface area contributed by atoms with E-state index in [9.17, 15) is 0 Å². The van der Waals surface area contributed by atoms with Gasteiger partial charge in [0.25, 0.3) is 0 Å². The molecule has 3 aromatic rings. The molecule has 1 heterocycles. The standard InChI is InChI=1S/C19H19N3OS/c1-3-23-17-11-9-16(10-12-17)18-14(2)24-19(21-18)22-20-13-15-7-5-4-6-8-15/h4-13H,3H2,1-2H3,(H,21,22)/b20-13-. The Bertz CT molecular complexity index is 810. The maximum Gasteiger partial charge on any atom is 0.204 e.